The second kappa shape index (κ2) is 3.08. The summed E-state index contributed by atoms with van der Waals surface area (Å²) in [5.74, 6) is -0.144. The lowest BCUT2D eigenvalue weighted by molar-refractivity contribution is 0.586. The SMILES string of the molecule is CC(C)C(Cl)S(=O)(=O)Cl. The van der Waals surface area contributed by atoms with Crippen LogP contribution in [-0.2, 0) is 9.05 Å². The highest BCUT2D eigenvalue weighted by molar-refractivity contribution is 8.15. The summed E-state index contributed by atoms with van der Waals surface area (Å²) in [5, 5.41) is 0. The van der Waals surface area contributed by atoms with Crippen molar-refractivity contribution in [1.29, 1.82) is 0 Å². The molecule has 0 aromatic heterocycles. The summed E-state index contributed by atoms with van der Waals surface area (Å²) < 4.78 is 19.8. The van der Waals surface area contributed by atoms with E-state index in [2.05, 4.69) is 0 Å². The maximum Gasteiger partial charge on any atom is 0.249 e. The third-order valence-corrected chi connectivity index (χ3v) is 3.93. The van der Waals surface area contributed by atoms with Gasteiger partial charge in [0, 0.05) is 10.7 Å². The fourth-order valence-electron chi connectivity index (χ4n) is 0.325. The van der Waals surface area contributed by atoms with Gasteiger partial charge in [0.15, 0.2) is 4.71 Å². The zero-order valence-electron chi connectivity index (χ0n) is 5.14. The molecule has 0 saturated carbocycles. The van der Waals surface area contributed by atoms with Crippen molar-refractivity contribution in [2.45, 2.75) is 18.6 Å². The van der Waals surface area contributed by atoms with E-state index in [0.717, 1.165) is 0 Å². The van der Waals surface area contributed by atoms with E-state index < -0.39 is 13.8 Å². The van der Waals surface area contributed by atoms with E-state index in [1.54, 1.807) is 13.8 Å². The Labute approximate surface area is 64.6 Å². The second-order valence-corrected chi connectivity index (χ2v) is 5.55. The Bertz CT molecular complexity index is 173. The van der Waals surface area contributed by atoms with Crippen LogP contribution < -0.4 is 0 Å². The highest BCUT2D eigenvalue weighted by Gasteiger charge is 2.23. The van der Waals surface area contributed by atoms with E-state index in [0.29, 0.717) is 0 Å². The van der Waals surface area contributed by atoms with Gasteiger partial charge in [-0.25, -0.2) is 8.42 Å². The Kier molecular flexibility index (Phi) is 3.26. The third-order valence-electron chi connectivity index (χ3n) is 0.793. The highest BCUT2D eigenvalue weighted by Crippen LogP contribution is 2.19. The molecule has 9 heavy (non-hydrogen) atoms. The molecule has 0 amide bonds. The van der Waals surface area contributed by atoms with Crippen LogP contribution in [0.2, 0.25) is 0 Å². The fourth-order valence-corrected chi connectivity index (χ4v) is 1.59. The average molecular weight is 191 g/mol. The minimum atomic E-state index is -3.56. The highest BCUT2D eigenvalue weighted by atomic mass is 35.7. The number of alkyl halides is 1. The van der Waals surface area contributed by atoms with Crippen LogP contribution in [0, 0.1) is 5.92 Å². The summed E-state index contributed by atoms with van der Waals surface area (Å²) in [6, 6.07) is 0. The molecule has 0 rings (SSSR count). The van der Waals surface area contributed by atoms with Crippen LogP contribution >= 0.6 is 22.3 Å². The first-order valence-electron chi connectivity index (χ1n) is 2.43. The summed E-state index contributed by atoms with van der Waals surface area (Å²) in [7, 11) is 1.35. The summed E-state index contributed by atoms with van der Waals surface area (Å²) >= 11 is 5.37. The molecule has 0 spiro atoms. The average Bonchev–Trinajstić information content (AvgIpc) is 1.62. The first-order chi connectivity index (χ1) is 3.85. The van der Waals surface area contributed by atoms with Gasteiger partial charge < -0.3 is 0 Å². The van der Waals surface area contributed by atoms with Crippen molar-refractivity contribution in [2.24, 2.45) is 5.92 Å². The van der Waals surface area contributed by atoms with Gasteiger partial charge in [0.05, 0.1) is 0 Å². The van der Waals surface area contributed by atoms with E-state index in [4.69, 9.17) is 22.3 Å². The van der Waals surface area contributed by atoms with Crippen molar-refractivity contribution in [3.8, 4) is 0 Å². The first-order valence-corrected chi connectivity index (χ1v) is 5.24. The molecule has 1 atom stereocenters. The molecule has 0 bridgehead atoms. The van der Waals surface area contributed by atoms with Crippen molar-refractivity contribution in [1.82, 2.24) is 0 Å². The molecule has 0 aromatic rings. The lowest BCUT2D eigenvalue weighted by Crippen LogP contribution is -2.15. The summed E-state index contributed by atoms with van der Waals surface area (Å²) in [5.41, 5.74) is 0. The van der Waals surface area contributed by atoms with Crippen LogP contribution in [0.25, 0.3) is 0 Å². The zero-order valence-corrected chi connectivity index (χ0v) is 7.46. The van der Waals surface area contributed by atoms with Gasteiger partial charge in [0.1, 0.15) is 0 Å². The van der Waals surface area contributed by atoms with Crippen molar-refractivity contribution in [2.75, 3.05) is 0 Å². The monoisotopic (exact) mass is 190 g/mol. The molecule has 0 aromatic carbocycles. The van der Waals surface area contributed by atoms with Crippen LogP contribution in [0.5, 0.6) is 0 Å². The minimum Gasteiger partial charge on any atom is -0.211 e. The van der Waals surface area contributed by atoms with Crippen LogP contribution in [0.4, 0.5) is 0 Å². The normalized spacial score (nSPS) is 16.1. The standard InChI is InChI=1S/C4H8Cl2O2S/c1-3(2)4(5)9(6,7)8/h3-4H,1-2H3. The smallest absolute Gasteiger partial charge is 0.211 e. The molecular formula is C4H8Cl2O2S. The molecule has 0 aliphatic heterocycles. The quantitative estimate of drug-likeness (QED) is 0.492. The molecular weight excluding hydrogens is 183 g/mol. The Morgan fingerprint density at radius 2 is 1.67 bits per heavy atom. The molecule has 2 nitrogen and oxygen atoms in total. The maximum atomic E-state index is 10.4. The number of hydrogen-bond donors (Lipinski definition) is 0. The van der Waals surface area contributed by atoms with Gasteiger partial charge in [0.2, 0.25) is 9.05 Å². The molecule has 0 aliphatic carbocycles. The maximum absolute atomic E-state index is 10.4. The van der Waals surface area contributed by atoms with Crippen molar-refractivity contribution >= 4 is 31.3 Å². The lowest BCUT2D eigenvalue weighted by atomic mass is 10.3. The number of hydrogen-bond acceptors (Lipinski definition) is 2. The largest absolute Gasteiger partial charge is 0.249 e. The van der Waals surface area contributed by atoms with Gasteiger partial charge in [-0.15, -0.1) is 11.6 Å². The third kappa shape index (κ3) is 3.28. The Hall–Kier alpha value is 0.530. The number of halogens is 2. The summed E-state index contributed by atoms with van der Waals surface area (Å²) in [6.07, 6.45) is 0. The van der Waals surface area contributed by atoms with Gasteiger partial charge in [0.25, 0.3) is 0 Å². The zero-order chi connectivity index (χ0) is 7.65. The summed E-state index contributed by atoms with van der Waals surface area (Å²) in [4.78, 5) is 0. The van der Waals surface area contributed by atoms with Gasteiger partial charge in [-0.05, 0) is 5.92 Å². The Morgan fingerprint density at radius 1 is 1.33 bits per heavy atom. The van der Waals surface area contributed by atoms with E-state index in [9.17, 15) is 8.42 Å². The van der Waals surface area contributed by atoms with E-state index in [-0.39, 0.29) is 5.92 Å². The molecule has 0 heterocycles. The van der Waals surface area contributed by atoms with Crippen LogP contribution in [0.15, 0.2) is 0 Å². The Balaban J connectivity index is 4.24. The van der Waals surface area contributed by atoms with Crippen molar-refractivity contribution in [3.63, 3.8) is 0 Å². The van der Waals surface area contributed by atoms with Crippen LogP contribution in [0.3, 0.4) is 0 Å². The van der Waals surface area contributed by atoms with Crippen molar-refractivity contribution < 1.29 is 8.42 Å². The first kappa shape index (κ1) is 9.53. The van der Waals surface area contributed by atoms with Crippen LogP contribution in [-0.4, -0.2) is 13.1 Å². The predicted molar refractivity (Wildman–Crippen MR) is 39.3 cm³/mol. The molecule has 5 heteroatoms. The molecule has 0 radical (unpaired) electrons. The van der Waals surface area contributed by atoms with E-state index >= 15 is 0 Å². The fraction of sp³-hybridized carbons (Fsp3) is 1.00. The molecule has 0 fully saturated rings. The predicted octanol–water partition coefficient (Wildman–Crippen LogP) is 1.78. The van der Waals surface area contributed by atoms with Crippen LogP contribution in [0.1, 0.15) is 13.8 Å². The van der Waals surface area contributed by atoms with Gasteiger partial charge in [-0.1, -0.05) is 13.8 Å². The van der Waals surface area contributed by atoms with Gasteiger partial charge in [-0.3, -0.25) is 0 Å². The number of rotatable bonds is 2. The summed E-state index contributed by atoms with van der Waals surface area (Å²) in [6.45, 7) is 3.38. The van der Waals surface area contributed by atoms with E-state index in [1.165, 1.54) is 0 Å². The molecule has 1 unspecified atom stereocenters. The van der Waals surface area contributed by atoms with Crippen molar-refractivity contribution in [3.05, 3.63) is 0 Å². The molecule has 56 valence electrons. The Morgan fingerprint density at radius 3 is 1.67 bits per heavy atom. The van der Waals surface area contributed by atoms with Gasteiger partial charge >= 0.3 is 0 Å². The molecule has 0 saturated heterocycles. The van der Waals surface area contributed by atoms with E-state index in [1.807, 2.05) is 0 Å². The topological polar surface area (TPSA) is 34.1 Å². The second-order valence-electron chi connectivity index (χ2n) is 2.07. The molecule has 0 N–H and O–H groups in total. The minimum absolute atomic E-state index is 0.144. The lowest BCUT2D eigenvalue weighted by Gasteiger charge is -2.07. The van der Waals surface area contributed by atoms with Gasteiger partial charge in [-0.2, -0.15) is 0 Å². The molecule has 0 aliphatic rings.